The van der Waals surface area contributed by atoms with Crippen LogP contribution in [0.3, 0.4) is 0 Å². The number of carbonyl (C=O) groups is 3. The highest BCUT2D eigenvalue weighted by Crippen LogP contribution is 2.43. The summed E-state index contributed by atoms with van der Waals surface area (Å²) in [6.07, 6.45) is -0.876. The second-order valence-corrected chi connectivity index (χ2v) is 6.87. The molecule has 0 bridgehead atoms. The third-order valence-corrected chi connectivity index (χ3v) is 3.64. The first-order valence-corrected chi connectivity index (χ1v) is 9.10. The Balaban J connectivity index is 4.52. The lowest BCUT2D eigenvalue weighted by Crippen LogP contribution is -2.29. The Morgan fingerprint density at radius 1 is 1.04 bits per heavy atom. The monoisotopic (exact) mass is 380 g/mol. The molecule has 1 unspecified atom stereocenters. The quantitative estimate of drug-likeness (QED) is 0.290. The minimum atomic E-state index is -4.35. The zero-order chi connectivity index (χ0) is 19.5. The molecule has 0 aromatic rings. The molecule has 0 amide bonds. The predicted molar refractivity (Wildman–Crippen MR) is 87.6 cm³/mol. The van der Waals surface area contributed by atoms with Crippen molar-refractivity contribution >= 4 is 25.5 Å². The summed E-state index contributed by atoms with van der Waals surface area (Å²) in [7, 11) is -4.35. The van der Waals surface area contributed by atoms with Gasteiger partial charge in [0.2, 0.25) is 0 Å². The van der Waals surface area contributed by atoms with Crippen molar-refractivity contribution in [2.75, 3.05) is 19.8 Å². The average Bonchev–Trinajstić information content (AvgIpc) is 2.47. The minimum absolute atomic E-state index is 0.00246. The van der Waals surface area contributed by atoms with Gasteiger partial charge in [0, 0.05) is 13.3 Å². The Kier molecular flexibility index (Phi) is 11.2. The van der Waals surface area contributed by atoms with Gasteiger partial charge in [0.15, 0.2) is 6.10 Å². The van der Waals surface area contributed by atoms with Crippen molar-refractivity contribution in [1.82, 2.24) is 0 Å². The second kappa shape index (κ2) is 11.9. The van der Waals surface area contributed by atoms with Gasteiger partial charge >= 0.3 is 19.8 Å². The highest BCUT2D eigenvalue weighted by Gasteiger charge is 2.25. The lowest BCUT2D eigenvalue weighted by atomic mass is 10.2. The maximum atomic E-state index is 11.7. The largest absolute Gasteiger partial charge is 0.472 e. The topological polar surface area (TPSA) is 125 Å². The van der Waals surface area contributed by atoms with E-state index in [9.17, 15) is 23.8 Å². The number of ketones is 1. The Morgan fingerprint density at radius 3 is 2.20 bits per heavy atom. The second-order valence-electron chi connectivity index (χ2n) is 5.42. The van der Waals surface area contributed by atoms with E-state index in [2.05, 4.69) is 6.58 Å². The Labute approximate surface area is 146 Å². The molecule has 0 aromatic heterocycles. The lowest BCUT2D eigenvalue weighted by molar-refractivity contribution is -0.160. The molecule has 0 saturated heterocycles. The van der Waals surface area contributed by atoms with Crippen molar-refractivity contribution in [3.05, 3.63) is 12.2 Å². The van der Waals surface area contributed by atoms with Crippen molar-refractivity contribution in [3.63, 3.8) is 0 Å². The van der Waals surface area contributed by atoms with Crippen molar-refractivity contribution < 1.29 is 42.4 Å². The van der Waals surface area contributed by atoms with Gasteiger partial charge in [0.05, 0.1) is 19.6 Å². The predicted octanol–water partition coefficient (Wildman–Crippen LogP) is 1.93. The molecule has 0 heterocycles. The van der Waals surface area contributed by atoms with Crippen LogP contribution in [0, 0.1) is 0 Å². The van der Waals surface area contributed by atoms with Crippen molar-refractivity contribution in [2.45, 2.75) is 46.1 Å². The Bertz CT molecular complexity index is 529. The number of hydrogen-bond donors (Lipinski definition) is 1. The molecule has 0 aliphatic rings. The summed E-state index contributed by atoms with van der Waals surface area (Å²) in [4.78, 5) is 42.9. The maximum Gasteiger partial charge on any atom is 0.472 e. The highest BCUT2D eigenvalue weighted by molar-refractivity contribution is 7.47. The van der Waals surface area contributed by atoms with E-state index in [0.29, 0.717) is 6.42 Å². The molecular formula is C15H25O9P. The summed E-state index contributed by atoms with van der Waals surface area (Å²) >= 11 is 0. The van der Waals surface area contributed by atoms with Gasteiger partial charge < -0.3 is 19.2 Å². The van der Waals surface area contributed by atoms with Crippen molar-refractivity contribution in [3.8, 4) is 0 Å². The van der Waals surface area contributed by atoms with Crippen LogP contribution in [0.15, 0.2) is 12.2 Å². The van der Waals surface area contributed by atoms with Crippen LogP contribution in [0.2, 0.25) is 0 Å². The third-order valence-electron chi connectivity index (χ3n) is 2.66. The molecule has 0 radical (unpaired) electrons. The number of carbonyl (C=O) groups excluding carboxylic acids is 3. The number of phosphoric acid groups is 1. The summed E-state index contributed by atoms with van der Waals surface area (Å²) in [6.45, 7) is 6.93. The summed E-state index contributed by atoms with van der Waals surface area (Å²) in [6, 6.07) is 0. The summed E-state index contributed by atoms with van der Waals surface area (Å²) in [5.41, 5.74) is 0.770. The SMILES string of the molecule is C=C(C)CCOP(=O)(O)OC[C@@H](COC(C)=O)OC(=O)CCC(C)=O. The molecule has 0 aliphatic carbocycles. The van der Waals surface area contributed by atoms with E-state index in [0.717, 1.165) is 12.5 Å². The van der Waals surface area contributed by atoms with E-state index in [1.165, 1.54) is 6.92 Å². The standard InChI is InChI=1S/C15H25O9P/c1-11(2)7-8-22-25(19,20)23-10-14(9-21-13(4)17)24-15(18)6-5-12(3)16/h14H,1,5-10H2,2-4H3,(H,19,20)/t14-/m1/s1. The number of ether oxygens (including phenoxy) is 2. The number of rotatable bonds is 13. The van der Waals surface area contributed by atoms with Gasteiger partial charge in [-0.1, -0.05) is 5.57 Å². The molecule has 144 valence electrons. The zero-order valence-corrected chi connectivity index (χ0v) is 15.6. The molecule has 0 rings (SSSR count). The molecule has 0 fully saturated rings. The first-order chi connectivity index (χ1) is 11.5. The van der Waals surface area contributed by atoms with Crippen LogP contribution < -0.4 is 0 Å². The van der Waals surface area contributed by atoms with Gasteiger partial charge in [-0.2, -0.15) is 0 Å². The van der Waals surface area contributed by atoms with Crippen LogP contribution in [-0.4, -0.2) is 48.5 Å². The van der Waals surface area contributed by atoms with Gasteiger partial charge in [-0.05, 0) is 20.3 Å². The van der Waals surface area contributed by atoms with Crippen LogP contribution in [0.5, 0.6) is 0 Å². The van der Waals surface area contributed by atoms with E-state index >= 15 is 0 Å². The van der Waals surface area contributed by atoms with Crippen LogP contribution in [-0.2, 0) is 37.5 Å². The molecule has 0 spiro atoms. The van der Waals surface area contributed by atoms with Crippen LogP contribution >= 0.6 is 7.82 Å². The summed E-state index contributed by atoms with van der Waals surface area (Å²) in [5.74, 6) is -1.52. The van der Waals surface area contributed by atoms with Crippen LogP contribution in [0.25, 0.3) is 0 Å². The first kappa shape index (κ1) is 23.5. The normalized spacial score (nSPS) is 14.2. The number of Topliss-reactive ketones (excluding diaryl/α,β-unsaturated/α-hetero) is 1. The van der Waals surface area contributed by atoms with Gasteiger partial charge in [-0.3, -0.25) is 18.6 Å². The highest BCUT2D eigenvalue weighted by atomic mass is 31.2. The molecule has 9 nitrogen and oxygen atoms in total. The molecule has 1 N–H and O–H groups in total. The van der Waals surface area contributed by atoms with Gasteiger partial charge in [-0.15, -0.1) is 6.58 Å². The molecule has 0 aromatic carbocycles. The van der Waals surface area contributed by atoms with Gasteiger partial charge in [0.25, 0.3) is 0 Å². The van der Waals surface area contributed by atoms with Crippen molar-refractivity contribution in [2.24, 2.45) is 0 Å². The molecule has 25 heavy (non-hydrogen) atoms. The average molecular weight is 380 g/mol. The summed E-state index contributed by atoms with van der Waals surface area (Å²) in [5, 5.41) is 0. The zero-order valence-electron chi connectivity index (χ0n) is 14.7. The lowest BCUT2D eigenvalue weighted by Gasteiger charge is -2.19. The maximum absolute atomic E-state index is 11.7. The van der Waals surface area contributed by atoms with Crippen LogP contribution in [0.1, 0.15) is 40.0 Å². The van der Waals surface area contributed by atoms with E-state index in [4.69, 9.17) is 18.5 Å². The molecule has 10 heteroatoms. The molecule has 0 saturated carbocycles. The molecule has 2 atom stereocenters. The molecule has 0 aliphatic heterocycles. The Hall–Kier alpha value is -1.54. The number of hydrogen-bond acceptors (Lipinski definition) is 8. The van der Waals surface area contributed by atoms with E-state index in [1.807, 2.05) is 0 Å². The number of phosphoric ester groups is 1. The summed E-state index contributed by atoms with van der Waals surface area (Å²) < 4.78 is 30.9. The fourth-order valence-corrected chi connectivity index (χ4v) is 2.15. The van der Waals surface area contributed by atoms with Gasteiger partial charge in [0.1, 0.15) is 12.4 Å². The Morgan fingerprint density at radius 2 is 1.68 bits per heavy atom. The van der Waals surface area contributed by atoms with E-state index < -0.39 is 32.5 Å². The van der Waals surface area contributed by atoms with E-state index in [-0.39, 0.29) is 31.8 Å². The first-order valence-electron chi connectivity index (χ1n) is 7.60. The van der Waals surface area contributed by atoms with Gasteiger partial charge in [-0.25, -0.2) is 4.57 Å². The smallest absolute Gasteiger partial charge is 0.462 e. The fourth-order valence-electron chi connectivity index (χ4n) is 1.40. The third kappa shape index (κ3) is 14.5. The fraction of sp³-hybridized carbons (Fsp3) is 0.667. The minimum Gasteiger partial charge on any atom is -0.462 e. The van der Waals surface area contributed by atoms with Crippen molar-refractivity contribution in [1.29, 1.82) is 0 Å². The number of esters is 2. The van der Waals surface area contributed by atoms with E-state index in [1.54, 1.807) is 6.92 Å². The van der Waals surface area contributed by atoms with Crippen LogP contribution in [0.4, 0.5) is 0 Å². The molecular weight excluding hydrogens is 355 g/mol.